The molecule has 3 rings (SSSR count). The van der Waals surface area contributed by atoms with E-state index in [1.165, 1.54) is 28.6 Å². The van der Waals surface area contributed by atoms with E-state index in [-0.39, 0.29) is 11.4 Å². The van der Waals surface area contributed by atoms with E-state index in [4.69, 9.17) is 5.73 Å². The first-order chi connectivity index (χ1) is 12.1. The van der Waals surface area contributed by atoms with Crippen LogP contribution in [0.4, 0.5) is 5.69 Å². The van der Waals surface area contributed by atoms with Gasteiger partial charge in [0.05, 0.1) is 29.2 Å². The van der Waals surface area contributed by atoms with Gasteiger partial charge in [-0.1, -0.05) is 13.3 Å². The van der Waals surface area contributed by atoms with Crippen molar-refractivity contribution in [3.8, 4) is 0 Å². The molecule has 0 bridgehead atoms. The second kappa shape index (κ2) is 6.50. The number of benzene rings is 1. The molecule has 1 aromatic carbocycles. The molecule has 0 unspecified atom stereocenters. The number of nitrogens with zero attached hydrogens (tertiary/aromatic N) is 2. The molecule has 8 nitrogen and oxygen atoms in total. The molecule has 0 aromatic heterocycles. The smallest absolute Gasteiger partial charge is 0.243 e. The molecule has 0 radical (unpaired) electrons. The quantitative estimate of drug-likeness (QED) is 0.723. The highest BCUT2D eigenvalue weighted by Gasteiger charge is 2.58. The van der Waals surface area contributed by atoms with Crippen LogP contribution in [-0.4, -0.2) is 56.2 Å². The highest BCUT2D eigenvalue weighted by Crippen LogP contribution is 2.42. The number of nitrogen functional groups attached to an aromatic ring is 1. The second-order valence-electron chi connectivity index (χ2n) is 6.82. The van der Waals surface area contributed by atoms with Gasteiger partial charge in [-0.25, -0.2) is 21.1 Å². The van der Waals surface area contributed by atoms with Gasteiger partial charge in [0.1, 0.15) is 0 Å². The zero-order valence-corrected chi connectivity index (χ0v) is 16.3. The summed E-state index contributed by atoms with van der Waals surface area (Å²) >= 11 is 0. The summed E-state index contributed by atoms with van der Waals surface area (Å²) in [6, 6.07) is 4.56. The molecular weight excluding hydrogens is 378 g/mol. The van der Waals surface area contributed by atoms with Gasteiger partial charge in [-0.3, -0.25) is 4.79 Å². The van der Waals surface area contributed by atoms with Crippen LogP contribution in [0.5, 0.6) is 0 Å². The predicted octanol–water partition coefficient (Wildman–Crippen LogP) is 0.619. The largest absolute Gasteiger partial charge is 0.399 e. The van der Waals surface area contributed by atoms with Crippen LogP contribution in [0.25, 0.3) is 0 Å². The van der Waals surface area contributed by atoms with Gasteiger partial charge in [0.25, 0.3) is 0 Å². The fourth-order valence-electron chi connectivity index (χ4n) is 4.04. The van der Waals surface area contributed by atoms with Crippen LogP contribution in [-0.2, 0) is 24.8 Å². The Morgan fingerprint density at radius 1 is 1.15 bits per heavy atom. The lowest BCUT2D eigenvalue weighted by molar-refractivity contribution is -0.128. The molecule has 2 heterocycles. The van der Waals surface area contributed by atoms with Gasteiger partial charge in [-0.05, 0) is 37.1 Å². The number of nitrogens with two attached hydrogens (primary N) is 1. The third-order valence-electron chi connectivity index (χ3n) is 5.06. The fraction of sp³-hybridized carbons (Fsp3) is 0.562. The zero-order valence-electron chi connectivity index (χ0n) is 14.7. The summed E-state index contributed by atoms with van der Waals surface area (Å²) in [5.74, 6) is -1.15. The molecule has 2 fully saturated rings. The van der Waals surface area contributed by atoms with Crippen molar-refractivity contribution >= 4 is 31.6 Å². The Balaban J connectivity index is 2.03. The first-order valence-corrected chi connectivity index (χ1v) is 11.8. The van der Waals surface area contributed by atoms with Gasteiger partial charge in [-0.15, -0.1) is 0 Å². The lowest BCUT2D eigenvalue weighted by Gasteiger charge is -2.26. The van der Waals surface area contributed by atoms with Gasteiger partial charge in [0.2, 0.25) is 26.0 Å². The minimum absolute atomic E-state index is 0.0906. The SMILES string of the molecule is CCC[C@H]1C(=O)N(S(C)(=O)=O)[C@H]2CCN(S(=O)(=O)c3ccc(N)cc3)[C@H]12. The van der Waals surface area contributed by atoms with Crippen molar-refractivity contribution in [2.24, 2.45) is 5.92 Å². The molecule has 1 amide bonds. The molecule has 0 saturated carbocycles. The van der Waals surface area contributed by atoms with E-state index in [9.17, 15) is 21.6 Å². The summed E-state index contributed by atoms with van der Waals surface area (Å²) in [6.45, 7) is 2.07. The monoisotopic (exact) mass is 401 g/mol. The highest BCUT2D eigenvalue weighted by molar-refractivity contribution is 7.89. The van der Waals surface area contributed by atoms with Crippen LogP contribution < -0.4 is 5.73 Å². The molecule has 2 aliphatic heterocycles. The van der Waals surface area contributed by atoms with E-state index in [0.717, 1.165) is 10.6 Å². The van der Waals surface area contributed by atoms with E-state index >= 15 is 0 Å². The maximum Gasteiger partial charge on any atom is 0.243 e. The van der Waals surface area contributed by atoms with Crippen LogP contribution in [0.3, 0.4) is 0 Å². The van der Waals surface area contributed by atoms with E-state index in [2.05, 4.69) is 0 Å². The number of hydrogen-bond donors (Lipinski definition) is 1. The normalized spacial score (nSPS) is 27.1. The Morgan fingerprint density at radius 3 is 2.31 bits per heavy atom. The Hall–Kier alpha value is -1.65. The average Bonchev–Trinajstić information content (AvgIpc) is 3.06. The van der Waals surface area contributed by atoms with E-state index in [1.807, 2.05) is 6.92 Å². The fourth-order valence-corrected chi connectivity index (χ4v) is 6.93. The van der Waals surface area contributed by atoms with E-state index in [1.54, 1.807) is 0 Å². The molecule has 3 atom stereocenters. The molecule has 2 aliphatic rings. The number of hydrogen-bond acceptors (Lipinski definition) is 6. The van der Waals surface area contributed by atoms with E-state index in [0.29, 0.717) is 24.9 Å². The summed E-state index contributed by atoms with van der Waals surface area (Å²) in [5, 5.41) is 0. The minimum Gasteiger partial charge on any atom is -0.399 e. The molecule has 2 saturated heterocycles. The molecule has 26 heavy (non-hydrogen) atoms. The second-order valence-corrected chi connectivity index (χ2v) is 10.6. The van der Waals surface area contributed by atoms with Crippen LogP contribution in [0.2, 0.25) is 0 Å². The molecular formula is C16H23N3O5S2. The Labute approximate surface area is 154 Å². The zero-order chi connectivity index (χ0) is 19.3. The van der Waals surface area contributed by atoms with Gasteiger partial charge in [0, 0.05) is 12.2 Å². The molecule has 0 aliphatic carbocycles. The maximum absolute atomic E-state index is 13.1. The number of anilines is 1. The van der Waals surface area contributed by atoms with Gasteiger partial charge >= 0.3 is 0 Å². The summed E-state index contributed by atoms with van der Waals surface area (Å²) < 4.78 is 52.7. The lowest BCUT2D eigenvalue weighted by Crippen LogP contribution is -2.43. The van der Waals surface area contributed by atoms with Gasteiger partial charge in [-0.2, -0.15) is 4.31 Å². The average molecular weight is 402 g/mol. The van der Waals surface area contributed by atoms with Crippen molar-refractivity contribution in [1.29, 1.82) is 0 Å². The maximum atomic E-state index is 13.1. The summed E-state index contributed by atoms with van der Waals surface area (Å²) in [4.78, 5) is 12.8. The number of rotatable bonds is 5. The number of carbonyl (C=O) groups excluding carboxylic acids is 1. The van der Waals surface area contributed by atoms with Crippen molar-refractivity contribution in [3.63, 3.8) is 0 Å². The third-order valence-corrected chi connectivity index (χ3v) is 8.14. The number of amides is 1. The van der Waals surface area contributed by atoms with Crippen molar-refractivity contribution in [2.75, 3.05) is 18.5 Å². The summed E-state index contributed by atoms with van der Waals surface area (Å²) in [6.07, 6.45) is 2.40. The van der Waals surface area contributed by atoms with Crippen molar-refractivity contribution in [1.82, 2.24) is 8.61 Å². The molecule has 0 spiro atoms. The van der Waals surface area contributed by atoms with Crippen molar-refractivity contribution < 1.29 is 21.6 Å². The standard InChI is InChI=1S/C16H23N3O5S2/c1-3-4-13-15-14(19(16(13)20)25(2,21)22)9-10-18(15)26(23,24)12-7-5-11(17)6-8-12/h5-8,13-15H,3-4,9-10,17H2,1-2H3/t13-,14+,15-/m1/s1. The van der Waals surface area contributed by atoms with Crippen LogP contribution in [0.15, 0.2) is 29.2 Å². The Morgan fingerprint density at radius 2 is 1.77 bits per heavy atom. The molecule has 144 valence electrons. The number of sulfonamides is 2. The molecule has 1 aromatic rings. The molecule has 10 heteroatoms. The summed E-state index contributed by atoms with van der Waals surface area (Å²) in [5.41, 5.74) is 6.08. The van der Waals surface area contributed by atoms with Crippen molar-refractivity contribution in [2.45, 2.75) is 43.2 Å². The van der Waals surface area contributed by atoms with Crippen LogP contribution in [0.1, 0.15) is 26.2 Å². The van der Waals surface area contributed by atoms with Gasteiger partial charge in [0.15, 0.2) is 0 Å². The third kappa shape index (κ3) is 2.99. The molecule has 2 N–H and O–H groups in total. The van der Waals surface area contributed by atoms with Gasteiger partial charge < -0.3 is 5.73 Å². The highest BCUT2D eigenvalue weighted by atomic mass is 32.2. The predicted molar refractivity (Wildman–Crippen MR) is 97.0 cm³/mol. The Bertz CT molecular complexity index is 912. The van der Waals surface area contributed by atoms with Crippen molar-refractivity contribution in [3.05, 3.63) is 24.3 Å². The van der Waals surface area contributed by atoms with E-state index < -0.39 is 44.0 Å². The first kappa shape index (κ1) is 19.1. The lowest BCUT2D eigenvalue weighted by atomic mass is 9.95. The summed E-state index contributed by atoms with van der Waals surface area (Å²) in [7, 11) is -7.60. The number of carbonyl (C=O) groups is 1. The minimum atomic E-state index is -3.85. The van der Waals surface area contributed by atoms with Crippen LogP contribution >= 0.6 is 0 Å². The Kier molecular flexibility index (Phi) is 4.78. The first-order valence-electron chi connectivity index (χ1n) is 8.49. The van der Waals surface area contributed by atoms with Crippen LogP contribution in [0, 0.1) is 5.92 Å². The topological polar surface area (TPSA) is 118 Å². The number of fused-ring (bicyclic) bond motifs is 1.